The molecule has 6 rings (SSSR count). The molecule has 10 heteroatoms. The summed E-state index contributed by atoms with van der Waals surface area (Å²) in [5.74, 6) is 1.17. The minimum atomic E-state index is -0.724. The van der Waals surface area contributed by atoms with Gasteiger partial charge in [-0.3, -0.25) is 4.79 Å². The Hall–Kier alpha value is -2.65. The lowest BCUT2D eigenvalue weighted by molar-refractivity contribution is -0.138. The second kappa shape index (κ2) is 11.9. The lowest BCUT2D eigenvalue weighted by atomic mass is 9.54. The third-order valence-corrected chi connectivity index (χ3v) is 11.1. The average molecular weight is 601 g/mol. The highest BCUT2D eigenvalue weighted by atomic mass is 35.5. The van der Waals surface area contributed by atoms with Crippen molar-refractivity contribution in [3.05, 3.63) is 40.4 Å². The largest absolute Gasteiger partial charge is 0.480 e. The molecule has 8 nitrogen and oxygen atoms in total. The number of thiazole rings is 1. The summed E-state index contributed by atoms with van der Waals surface area (Å²) in [6.45, 7) is 5.18. The summed E-state index contributed by atoms with van der Waals surface area (Å²) in [6, 6.07) is 6.30. The number of oxime groups is 1. The number of amides is 1. The highest BCUT2D eigenvalue weighted by Crippen LogP contribution is 2.62. The van der Waals surface area contributed by atoms with Crippen molar-refractivity contribution in [1.29, 1.82) is 0 Å². The molecule has 1 aliphatic heterocycles. The number of carbonyl (C=O) groups excluding carboxylic acids is 1. The number of carbonyl (C=O) groups is 2. The van der Waals surface area contributed by atoms with Crippen molar-refractivity contribution in [3.63, 3.8) is 0 Å². The monoisotopic (exact) mass is 600 g/mol. The smallest absolute Gasteiger partial charge is 0.326 e. The molecular weight excluding hydrogens is 560 g/mol. The van der Waals surface area contributed by atoms with Crippen LogP contribution in [0.25, 0.3) is 0 Å². The molecule has 1 aromatic carbocycles. The third kappa shape index (κ3) is 5.47. The van der Waals surface area contributed by atoms with Crippen LogP contribution < -0.4 is 10.2 Å². The van der Waals surface area contributed by atoms with Crippen molar-refractivity contribution in [1.82, 2.24) is 4.98 Å². The lowest BCUT2D eigenvalue weighted by Crippen LogP contribution is -2.44. The molecule has 2 saturated carbocycles. The number of nitrogens with one attached hydrogen (secondary N) is 1. The Bertz CT molecular complexity index is 1330. The molecule has 3 unspecified atom stereocenters. The molecule has 1 saturated heterocycles. The maximum atomic E-state index is 12.8. The van der Waals surface area contributed by atoms with Gasteiger partial charge >= 0.3 is 5.97 Å². The zero-order chi connectivity index (χ0) is 28.0. The van der Waals surface area contributed by atoms with E-state index in [4.69, 9.17) is 4.84 Å². The highest BCUT2D eigenvalue weighted by molar-refractivity contribution is 7.15. The van der Waals surface area contributed by atoms with Crippen molar-refractivity contribution >= 4 is 52.2 Å². The zero-order valence-corrected chi connectivity index (χ0v) is 25.7. The van der Waals surface area contributed by atoms with E-state index >= 15 is 0 Å². The van der Waals surface area contributed by atoms with E-state index in [1.807, 2.05) is 6.92 Å². The molecular formula is C31H41ClN4O4S. The van der Waals surface area contributed by atoms with Crippen LogP contribution in [-0.2, 0) is 20.8 Å². The molecule has 41 heavy (non-hydrogen) atoms. The predicted molar refractivity (Wildman–Crippen MR) is 164 cm³/mol. The van der Waals surface area contributed by atoms with Gasteiger partial charge in [-0.25, -0.2) is 9.78 Å². The number of halogens is 1. The molecule has 222 valence electrons. The number of carboxylic acid groups (broad SMARTS) is 1. The maximum Gasteiger partial charge on any atom is 0.326 e. The summed E-state index contributed by atoms with van der Waals surface area (Å²) in [6.07, 6.45) is 9.94. The van der Waals surface area contributed by atoms with Crippen LogP contribution in [0, 0.1) is 30.1 Å². The number of aryl methyl sites for hydroxylation is 2. The molecule has 2 aromatic rings. The van der Waals surface area contributed by atoms with Gasteiger partial charge < -0.3 is 20.2 Å². The summed E-state index contributed by atoms with van der Waals surface area (Å²) in [4.78, 5) is 37.4. The van der Waals surface area contributed by atoms with E-state index in [1.54, 1.807) is 13.3 Å². The average Bonchev–Trinajstić information content (AvgIpc) is 3.65. The fourth-order valence-corrected chi connectivity index (χ4v) is 9.27. The van der Waals surface area contributed by atoms with Crippen LogP contribution in [0.4, 0.5) is 10.8 Å². The number of aliphatic carboxylic acids is 1. The molecule has 0 spiro atoms. The van der Waals surface area contributed by atoms with E-state index in [1.165, 1.54) is 22.5 Å². The van der Waals surface area contributed by atoms with Crippen molar-refractivity contribution < 1.29 is 19.5 Å². The van der Waals surface area contributed by atoms with Crippen molar-refractivity contribution in [2.24, 2.45) is 28.3 Å². The van der Waals surface area contributed by atoms with Crippen LogP contribution in [0.5, 0.6) is 0 Å². The molecule has 0 bridgehead atoms. The Morgan fingerprint density at radius 2 is 2.12 bits per heavy atom. The third-order valence-electron chi connectivity index (χ3n) is 10.3. The van der Waals surface area contributed by atoms with Crippen LogP contribution in [0.15, 0.2) is 29.6 Å². The van der Waals surface area contributed by atoms with E-state index in [-0.39, 0.29) is 23.7 Å². The summed E-state index contributed by atoms with van der Waals surface area (Å²) in [5.41, 5.74) is 5.04. The van der Waals surface area contributed by atoms with Crippen LogP contribution in [-0.4, -0.2) is 47.4 Å². The number of fused-ring (bicyclic) bond motifs is 5. The van der Waals surface area contributed by atoms with Crippen LogP contribution in [0.3, 0.4) is 0 Å². The molecule has 2 N–H and O–H groups in total. The maximum absolute atomic E-state index is 12.8. The van der Waals surface area contributed by atoms with Gasteiger partial charge in [0, 0.05) is 35.1 Å². The summed E-state index contributed by atoms with van der Waals surface area (Å²) < 4.78 is 0. The molecule has 4 aliphatic rings. The topological polar surface area (TPSA) is 104 Å². The Morgan fingerprint density at radius 1 is 1.29 bits per heavy atom. The first-order valence-corrected chi connectivity index (χ1v) is 15.5. The van der Waals surface area contributed by atoms with Gasteiger partial charge in [-0.15, -0.1) is 23.7 Å². The van der Waals surface area contributed by atoms with Gasteiger partial charge in [0.2, 0.25) is 5.91 Å². The lowest BCUT2D eigenvalue weighted by Gasteiger charge is -2.50. The quantitative estimate of drug-likeness (QED) is 0.355. The highest BCUT2D eigenvalue weighted by Gasteiger charge is 2.57. The molecule has 2 heterocycles. The summed E-state index contributed by atoms with van der Waals surface area (Å²) in [7, 11) is 1.64. The first-order valence-electron chi connectivity index (χ1n) is 14.7. The number of hydrogen-bond donors (Lipinski definition) is 2. The predicted octanol–water partition coefficient (Wildman–Crippen LogP) is 6.43. The number of benzene rings is 1. The first-order chi connectivity index (χ1) is 19.3. The van der Waals surface area contributed by atoms with E-state index in [2.05, 4.69) is 45.5 Å². The Kier molecular flexibility index (Phi) is 8.67. The van der Waals surface area contributed by atoms with Crippen LogP contribution in [0.1, 0.15) is 80.2 Å². The van der Waals surface area contributed by atoms with Gasteiger partial charge in [0.05, 0.1) is 5.71 Å². The Morgan fingerprint density at radius 3 is 2.85 bits per heavy atom. The van der Waals surface area contributed by atoms with Gasteiger partial charge in [0.15, 0.2) is 5.13 Å². The second-order valence-electron chi connectivity index (χ2n) is 12.4. The van der Waals surface area contributed by atoms with Gasteiger partial charge in [0.1, 0.15) is 13.2 Å². The van der Waals surface area contributed by atoms with E-state index in [9.17, 15) is 14.7 Å². The fourth-order valence-electron chi connectivity index (χ4n) is 8.59. The summed E-state index contributed by atoms with van der Waals surface area (Å²) >= 11 is 1.51. The van der Waals surface area contributed by atoms with Gasteiger partial charge in [-0.05, 0) is 105 Å². The van der Waals surface area contributed by atoms with E-state index in [0.717, 1.165) is 67.8 Å². The number of carboxylic acids is 1. The molecule has 1 amide bonds. The van der Waals surface area contributed by atoms with E-state index < -0.39 is 12.0 Å². The van der Waals surface area contributed by atoms with Gasteiger partial charge in [-0.2, -0.15) is 0 Å². The van der Waals surface area contributed by atoms with Crippen molar-refractivity contribution in [3.8, 4) is 0 Å². The number of aromatic nitrogens is 1. The van der Waals surface area contributed by atoms with E-state index in [0.29, 0.717) is 41.6 Å². The standard InChI is InChI=1S/C31H40N4O4S.ClH/c1-18-17-32-30(40-18)33-27(36)11-7-20-16-26(34-39-3)31(2)13-12-23-22-10-8-21(35-14-4-5-25(35)29(37)38)15-19(22)6-9-24(23)28(20)31;/h8,10,15,17,20,23-25,28H,4-7,9,11-14,16H2,1-3H3,(H,37,38)(H,32,33,36);1H/b34-26+;/t20-,23?,24-,25?,28?,31-;/m1./s1. The van der Waals surface area contributed by atoms with Crippen LogP contribution >= 0.6 is 23.7 Å². The summed E-state index contributed by atoms with van der Waals surface area (Å²) in [5, 5.41) is 17.9. The van der Waals surface area contributed by atoms with Crippen molar-refractivity contribution in [2.75, 3.05) is 23.9 Å². The molecule has 3 aliphatic carbocycles. The Labute approximate surface area is 252 Å². The molecule has 6 atom stereocenters. The molecule has 1 aromatic heterocycles. The molecule has 3 fully saturated rings. The second-order valence-corrected chi connectivity index (χ2v) is 13.6. The van der Waals surface area contributed by atoms with Crippen LogP contribution in [0.2, 0.25) is 0 Å². The SMILES string of the molecule is CO/N=C1\C[C@@H](CCC(=O)Nc2ncc(C)s2)C2[C@@H]3CCc4cc(N5CCCC5C(=O)O)ccc4C3CC[C@]12C.Cl. The van der Waals surface area contributed by atoms with Gasteiger partial charge in [-0.1, -0.05) is 18.1 Å². The normalized spacial score (nSPS) is 31.1. The van der Waals surface area contributed by atoms with Gasteiger partial charge in [0.25, 0.3) is 0 Å². The zero-order valence-electron chi connectivity index (χ0n) is 24.1. The number of rotatable bonds is 7. The Balaban J connectivity index is 0.00000337. The first kappa shape index (κ1) is 29.8. The number of hydrogen-bond acceptors (Lipinski definition) is 7. The number of nitrogens with zero attached hydrogens (tertiary/aromatic N) is 3. The minimum absolute atomic E-state index is 0. The van der Waals surface area contributed by atoms with Crippen molar-refractivity contribution in [2.45, 2.75) is 83.6 Å². The molecule has 0 radical (unpaired) electrons. The minimum Gasteiger partial charge on any atom is -0.480 e. The number of anilines is 2. The fraction of sp³-hybridized carbons (Fsp3) is 0.613.